The molecule has 3 rings (SSSR count). The van der Waals surface area contributed by atoms with Crippen LogP contribution in [0.15, 0.2) is 18.6 Å². The van der Waals surface area contributed by atoms with Crippen molar-refractivity contribution in [3.8, 4) is 0 Å². The van der Waals surface area contributed by atoms with Crippen LogP contribution >= 0.6 is 11.3 Å². The number of hydrogen-bond donors (Lipinski definition) is 1. The first-order valence-corrected chi connectivity index (χ1v) is 9.24. The average molecular weight is 363 g/mol. The first kappa shape index (κ1) is 17.9. The fourth-order valence-electron chi connectivity index (χ4n) is 3.14. The van der Waals surface area contributed by atoms with Crippen molar-refractivity contribution in [2.45, 2.75) is 45.7 Å². The zero-order valence-electron chi connectivity index (χ0n) is 14.4. The highest BCUT2D eigenvalue weighted by molar-refractivity contribution is 7.15. The molecule has 1 saturated heterocycles. The van der Waals surface area contributed by atoms with E-state index in [1.54, 1.807) is 0 Å². The van der Waals surface area contributed by atoms with Gasteiger partial charge in [-0.2, -0.15) is 0 Å². The monoisotopic (exact) mass is 363 g/mol. The number of aromatic nitrogens is 3. The van der Waals surface area contributed by atoms with Gasteiger partial charge in [0.15, 0.2) is 10.9 Å². The number of hydrogen-bond acceptors (Lipinski definition) is 6. The Kier molecular flexibility index (Phi) is 5.70. The minimum Gasteiger partial charge on any atom is -0.302 e. The van der Waals surface area contributed by atoms with Gasteiger partial charge in [-0.25, -0.2) is 19.3 Å². The quantitative estimate of drug-likeness (QED) is 0.884. The van der Waals surface area contributed by atoms with Crippen molar-refractivity contribution < 1.29 is 9.18 Å². The van der Waals surface area contributed by atoms with Crippen LogP contribution in [0.3, 0.4) is 0 Å². The van der Waals surface area contributed by atoms with Crippen molar-refractivity contribution in [2.24, 2.45) is 5.92 Å². The SMILES string of the molecule is CC(=O)Nc1ncc(CN2C[C@H](Cc3ncc(F)cn3)CC[C@H]2C)s1. The second kappa shape index (κ2) is 7.97. The Morgan fingerprint density at radius 2 is 2.08 bits per heavy atom. The number of rotatable bonds is 5. The van der Waals surface area contributed by atoms with Crippen LogP contribution in [0.25, 0.3) is 0 Å². The summed E-state index contributed by atoms with van der Waals surface area (Å²) in [4.78, 5) is 27.1. The normalized spacial score (nSPS) is 21.2. The third-order valence-electron chi connectivity index (χ3n) is 4.45. The summed E-state index contributed by atoms with van der Waals surface area (Å²) in [5.41, 5.74) is 0. The van der Waals surface area contributed by atoms with Crippen LogP contribution in [0.2, 0.25) is 0 Å². The zero-order valence-corrected chi connectivity index (χ0v) is 15.2. The number of carbonyl (C=O) groups is 1. The number of anilines is 1. The molecule has 0 unspecified atom stereocenters. The molecular weight excluding hydrogens is 341 g/mol. The molecule has 1 aliphatic rings. The second-order valence-corrected chi connectivity index (χ2v) is 7.67. The zero-order chi connectivity index (χ0) is 17.8. The van der Waals surface area contributed by atoms with E-state index >= 15 is 0 Å². The first-order chi connectivity index (χ1) is 12.0. The topological polar surface area (TPSA) is 71.0 Å². The summed E-state index contributed by atoms with van der Waals surface area (Å²) in [5, 5.41) is 3.36. The molecule has 0 radical (unpaired) electrons. The van der Waals surface area contributed by atoms with Gasteiger partial charge in [0.05, 0.1) is 12.4 Å². The van der Waals surface area contributed by atoms with Crippen molar-refractivity contribution in [3.63, 3.8) is 0 Å². The first-order valence-electron chi connectivity index (χ1n) is 8.42. The largest absolute Gasteiger partial charge is 0.302 e. The Bertz CT molecular complexity index is 720. The molecule has 0 spiro atoms. The Labute approximate surface area is 150 Å². The minimum atomic E-state index is -0.400. The molecule has 8 heteroatoms. The Balaban J connectivity index is 1.59. The van der Waals surface area contributed by atoms with Crippen molar-refractivity contribution in [1.29, 1.82) is 0 Å². The lowest BCUT2D eigenvalue weighted by Gasteiger charge is -2.37. The van der Waals surface area contributed by atoms with Crippen LogP contribution in [0.1, 0.15) is 37.4 Å². The van der Waals surface area contributed by atoms with Gasteiger partial charge in [0.2, 0.25) is 5.91 Å². The standard InChI is InChI=1S/C17H22FN5OS/c1-11-3-4-13(5-16-19-6-14(18)7-20-16)9-23(11)10-15-8-21-17(25-15)22-12(2)24/h6-8,11,13H,3-5,9-10H2,1-2H3,(H,21,22,24)/t11-,13+/m1/s1. The Morgan fingerprint density at radius 3 is 2.80 bits per heavy atom. The summed E-state index contributed by atoms with van der Waals surface area (Å²) in [7, 11) is 0. The smallest absolute Gasteiger partial charge is 0.223 e. The lowest BCUT2D eigenvalue weighted by Crippen LogP contribution is -2.41. The van der Waals surface area contributed by atoms with Crippen LogP contribution < -0.4 is 5.32 Å². The van der Waals surface area contributed by atoms with Crippen LogP contribution in [0, 0.1) is 11.7 Å². The average Bonchev–Trinajstić information content (AvgIpc) is 2.99. The van der Waals surface area contributed by atoms with E-state index in [9.17, 15) is 9.18 Å². The van der Waals surface area contributed by atoms with E-state index in [-0.39, 0.29) is 5.91 Å². The molecule has 0 aromatic carbocycles. The van der Waals surface area contributed by atoms with Crippen molar-refractivity contribution in [2.75, 3.05) is 11.9 Å². The van der Waals surface area contributed by atoms with Gasteiger partial charge in [-0.1, -0.05) is 0 Å². The summed E-state index contributed by atoms with van der Waals surface area (Å²) in [5.74, 6) is 0.658. The summed E-state index contributed by atoms with van der Waals surface area (Å²) in [6, 6.07) is 0.497. The van der Waals surface area contributed by atoms with Crippen LogP contribution in [-0.4, -0.2) is 38.3 Å². The minimum absolute atomic E-state index is 0.105. The number of nitrogens with one attached hydrogen (secondary N) is 1. The fourth-order valence-corrected chi connectivity index (χ4v) is 4.03. The molecular formula is C17H22FN5OS. The molecule has 0 saturated carbocycles. The summed E-state index contributed by atoms with van der Waals surface area (Å²) in [6.07, 6.45) is 7.29. The number of piperidine rings is 1. The molecule has 2 aromatic rings. The van der Waals surface area contributed by atoms with Gasteiger partial charge in [-0.15, -0.1) is 11.3 Å². The maximum absolute atomic E-state index is 12.9. The highest BCUT2D eigenvalue weighted by Crippen LogP contribution is 2.27. The number of amides is 1. The maximum Gasteiger partial charge on any atom is 0.223 e. The summed E-state index contributed by atoms with van der Waals surface area (Å²) < 4.78 is 12.9. The Hall–Kier alpha value is -1.93. The predicted octanol–water partition coefficient (Wildman–Crippen LogP) is 2.87. The van der Waals surface area contributed by atoms with E-state index < -0.39 is 5.82 Å². The number of nitrogens with zero attached hydrogens (tertiary/aromatic N) is 4. The van der Waals surface area contributed by atoms with E-state index in [1.807, 2.05) is 6.20 Å². The van der Waals surface area contributed by atoms with Gasteiger partial charge in [0.1, 0.15) is 5.82 Å². The molecule has 134 valence electrons. The fraction of sp³-hybridized carbons (Fsp3) is 0.529. The molecule has 1 aliphatic heterocycles. The van der Waals surface area contributed by atoms with E-state index in [4.69, 9.17) is 0 Å². The van der Waals surface area contributed by atoms with Gasteiger partial charge >= 0.3 is 0 Å². The van der Waals surface area contributed by atoms with Gasteiger partial charge in [0.25, 0.3) is 0 Å². The molecule has 2 aromatic heterocycles. The van der Waals surface area contributed by atoms with Crippen LogP contribution in [-0.2, 0) is 17.8 Å². The molecule has 6 nitrogen and oxygen atoms in total. The molecule has 0 aliphatic carbocycles. The molecule has 2 atom stereocenters. The highest BCUT2D eigenvalue weighted by atomic mass is 32.1. The molecule has 3 heterocycles. The number of carbonyl (C=O) groups excluding carboxylic acids is 1. The second-order valence-electron chi connectivity index (χ2n) is 6.56. The molecule has 25 heavy (non-hydrogen) atoms. The van der Waals surface area contributed by atoms with E-state index in [0.29, 0.717) is 22.9 Å². The maximum atomic E-state index is 12.9. The van der Waals surface area contributed by atoms with Crippen LogP contribution in [0.5, 0.6) is 0 Å². The van der Waals surface area contributed by atoms with Gasteiger partial charge in [0, 0.05) is 43.5 Å². The summed E-state index contributed by atoms with van der Waals surface area (Å²) >= 11 is 1.51. The number of likely N-dealkylation sites (tertiary alicyclic amines) is 1. The van der Waals surface area contributed by atoms with Crippen molar-refractivity contribution >= 4 is 22.4 Å². The molecule has 1 amide bonds. The van der Waals surface area contributed by atoms with E-state index in [1.165, 1.54) is 30.7 Å². The highest BCUT2D eigenvalue weighted by Gasteiger charge is 2.26. The lowest BCUT2D eigenvalue weighted by molar-refractivity contribution is -0.114. The molecule has 1 N–H and O–H groups in total. The van der Waals surface area contributed by atoms with E-state index in [2.05, 4.69) is 32.1 Å². The van der Waals surface area contributed by atoms with Crippen LogP contribution in [0.4, 0.5) is 9.52 Å². The number of thiazole rings is 1. The predicted molar refractivity (Wildman–Crippen MR) is 94.7 cm³/mol. The van der Waals surface area contributed by atoms with Gasteiger partial charge in [-0.05, 0) is 25.7 Å². The number of halogens is 1. The molecule has 0 bridgehead atoms. The Morgan fingerprint density at radius 1 is 1.32 bits per heavy atom. The third-order valence-corrected chi connectivity index (χ3v) is 5.35. The van der Waals surface area contributed by atoms with Crippen molar-refractivity contribution in [1.82, 2.24) is 19.9 Å². The lowest BCUT2D eigenvalue weighted by atomic mass is 9.90. The third kappa shape index (κ3) is 5.02. The van der Waals surface area contributed by atoms with Gasteiger partial charge in [-0.3, -0.25) is 9.69 Å². The molecule has 1 fully saturated rings. The van der Waals surface area contributed by atoms with E-state index in [0.717, 1.165) is 37.2 Å². The van der Waals surface area contributed by atoms with Crippen molar-refractivity contribution in [3.05, 3.63) is 35.1 Å². The van der Waals surface area contributed by atoms with Gasteiger partial charge < -0.3 is 5.32 Å². The summed E-state index contributed by atoms with van der Waals surface area (Å²) in [6.45, 7) is 5.49.